The van der Waals surface area contributed by atoms with Crippen LogP contribution in [0.3, 0.4) is 0 Å². The maximum Gasteiger partial charge on any atom is 0.230 e. The van der Waals surface area contributed by atoms with E-state index in [0.29, 0.717) is 18.0 Å². The van der Waals surface area contributed by atoms with Gasteiger partial charge in [-0.1, -0.05) is 0 Å². The van der Waals surface area contributed by atoms with Crippen molar-refractivity contribution in [2.45, 2.75) is 50.7 Å². The van der Waals surface area contributed by atoms with Crippen molar-refractivity contribution >= 4 is 0 Å². The molecule has 2 aromatic rings. The monoisotopic (exact) mass is 327 g/mol. The van der Waals surface area contributed by atoms with E-state index in [2.05, 4.69) is 51.1 Å². The van der Waals surface area contributed by atoms with Crippen LogP contribution in [-0.4, -0.2) is 51.2 Å². The van der Waals surface area contributed by atoms with Gasteiger partial charge in [-0.15, -0.1) is 10.2 Å². The van der Waals surface area contributed by atoms with Crippen LogP contribution in [0.2, 0.25) is 0 Å². The fourth-order valence-corrected chi connectivity index (χ4v) is 3.50. The molecule has 6 heteroatoms. The molecule has 2 unspecified atom stereocenters. The van der Waals surface area contributed by atoms with E-state index in [1.54, 1.807) is 0 Å². The van der Waals surface area contributed by atoms with E-state index in [9.17, 15) is 0 Å². The normalized spacial score (nSPS) is 23.0. The van der Waals surface area contributed by atoms with E-state index in [4.69, 9.17) is 4.42 Å². The summed E-state index contributed by atoms with van der Waals surface area (Å²) in [4.78, 5) is 9.01. The van der Waals surface area contributed by atoms with Gasteiger partial charge in [-0.2, -0.15) is 0 Å². The van der Waals surface area contributed by atoms with Gasteiger partial charge in [0.05, 0.1) is 6.54 Å². The lowest BCUT2D eigenvalue weighted by molar-refractivity contribution is 0.190. The molecule has 0 N–H and O–H groups in total. The van der Waals surface area contributed by atoms with Crippen molar-refractivity contribution in [1.82, 2.24) is 25.0 Å². The number of likely N-dealkylation sites (N-methyl/N-ethyl adjacent to an activating group) is 1. The van der Waals surface area contributed by atoms with Crippen LogP contribution in [0.5, 0.6) is 0 Å². The van der Waals surface area contributed by atoms with E-state index in [-0.39, 0.29) is 0 Å². The Bertz CT molecular complexity index is 669. The van der Waals surface area contributed by atoms with Crippen molar-refractivity contribution in [3.8, 4) is 0 Å². The smallest absolute Gasteiger partial charge is 0.230 e. The molecule has 0 amide bonds. The number of hydrogen-bond acceptors (Lipinski definition) is 6. The SMILES string of the molecule is CC(c1ccncc1)N1CCC(N(C)Cc2nnc(C3CC3)o2)C1. The van der Waals surface area contributed by atoms with Crippen LogP contribution in [0.1, 0.15) is 55.5 Å². The average molecular weight is 327 g/mol. The molecule has 0 aromatic carbocycles. The standard InChI is InChI=1S/C18H25N5O/c1-13(14-5-8-19-9-6-14)23-10-7-16(11-23)22(2)12-17-20-21-18(24-17)15-3-4-15/h5-6,8-9,13,15-16H,3-4,7,10-12H2,1-2H3. The van der Waals surface area contributed by atoms with Gasteiger partial charge in [-0.25, -0.2) is 0 Å². The fraction of sp³-hybridized carbons (Fsp3) is 0.611. The molecular weight excluding hydrogens is 302 g/mol. The molecule has 0 spiro atoms. The molecule has 2 aromatic heterocycles. The van der Waals surface area contributed by atoms with Gasteiger partial charge < -0.3 is 4.42 Å². The molecule has 3 heterocycles. The summed E-state index contributed by atoms with van der Waals surface area (Å²) in [5.74, 6) is 2.11. The first-order valence-electron chi connectivity index (χ1n) is 8.87. The Labute approximate surface area is 142 Å². The van der Waals surface area contributed by atoms with Gasteiger partial charge in [-0.05, 0) is 50.9 Å². The Morgan fingerprint density at radius 3 is 2.79 bits per heavy atom. The Morgan fingerprint density at radius 1 is 1.25 bits per heavy atom. The van der Waals surface area contributed by atoms with Crippen LogP contribution in [0.25, 0.3) is 0 Å². The number of pyridine rings is 1. The largest absolute Gasteiger partial charge is 0.424 e. The van der Waals surface area contributed by atoms with Crippen molar-refractivity contribution in [3.05, 3.63) is 41.9 Å². The maximum absolute atomic E-state index is 5.80. The molecule has 1 aliphatic carbocycles. The number of rotatable bonds is 6. The Kier molecular flexibility index (Phi) is 4.33. The summed E-state index contributed by atoms with van der Waals surface area (Å²) in [6.45, 7) is 5.21. The van der Waals surface area contributed by atoms with Crippen LogP contribution in [-0.2, 0) is 6.54 Å². The third kappa shape index (κ3) is 3.35. The molecule has 2 fully saturated rings. The van der Waals surface area contributed by atoms with Gasteiger partial charge in [0.15, 0.2) is 0 Å². The van der Waals surface area contributed by atoms with Gasteiger partial charge >= 0.3 is 0 Å². The maximum atomic E-state index is 5.80. The first kappa shape index (κ1) is 15.7. The van der Waals surface area contributed by atoms with Crippen LogP contribution in [0.15, 0.2) is 28.9 Å². The first-order valence-corrected chi connectivity index (χ1v) is 8.87. The van der Waals surface area contributed by atoms with Gasteiger partial charge in [0.25, 0.3) is 0 Å². The molecule has 6 nitrogen and oxygen atoms in total. The predicted molar refractivity (Wildman–Crippen MR) is 90.4 cm³/mol. The third-order valence-electron chi connectivity index (χ3n) is 5.35. The number of likely N-dealkylation sites (tertiary alicyclic amines) is 1. The zero-order valence-corrected chi connectivity index (χ0v) is 14.4. The van der Waals surface area contributed by atoms with Gasteiger partial charge in [0.1, 0.15) is 0 Å². The van der Waals surface area contributed by atoms with Crippen molar-refractivity contribution < 1.29 is 4.42 Å². The third-order valence-corrected chi connectivity index (χ3v) is 5.35. The highest BCUT2D eigenvalue weighted by Gasteiger charge is 2.31. The minimum absolute atomic E-state index is 0.427. The van der Waals surface area contributed by atoms with E-state index in [1.807, 2.05) is 12.4 Å². The number of nitrogens with zero attached hydrogens (tertiary/aromatic N) is 5. The molecule has 0 bridgehead atoms. The summed E-state index contributed by atoms with van der Waals surface area (Å²) < 4.78 is 5.80. The molecule has 1 saturated heterocycles. The lowest BCUT2D eigenvalue weighted by atomic mass is 10.1. The molecule has 2 aliphatic rings. The minimum atomic E-state index is 0.427. The van der Waals surface area contributed by atoms with Gasteiger partial charge in [0.2, 0.25) is 11.8 Å². The van der Waals surface area contributed by atoms with Gasteiger partial charge in [0, 0.05) is 43.5 Å². The molecule has 4 rings (SSSR count). The lowest BCUT2D eigenvalue weighted by Gasteiger charge is -2.27. The number of hydrogen-bond donors (Lipinski definition) is 0. The van der Waals surface area contributed by atoms with E-state index < -0.39 is 0 Å². The second-order valence-corrected chi connectivity index (χ2v) is 7.12. The quantitative estimate of drug-likeness (QED) is 0.813. The Balaban J connectivity index is 1.33. The van der Waals surface area contributed by atoms with Gasteiger partial charge in [-0.3, -0.25) is 14.8 Å². The van der Waals surface area contributed by atoms with E-state index in [1.165, 1.54) is 24.8 Å². The topological polar surface area (TPSA) is 58.3 Å². The highest BCUT2D eigenvalue weighted by Crippen LogP contribution is 2.39. The zero-order valence-electron chi connectivity index (χ0n) is 14.4. The Hall–Kier alpha value is -1.79. The second-order valence-electron chi connectivity index (χ2n) is 7.12. The highest BCUT2D eigenvalue weighted by molar-refractivity contribution is 5.15. The molecule has 1 saturated carbocycles. The van der Waals surface area contributed by atoms with E-state index >= 15 is 0 Å². The van der Waals surface area contributed by atoms with E-state index in [0.717, 1.165) is 31.4 Å². The first-order chi connectivity index (χ1) is 11.7. The Morgan fingerprint density at radius 2 is 2.04 bits per heavy atom. The van der Waals surface area contributed by atoms with Crippen molar-refractivity contribution in [3.63, 3.8) is 0 Å². The molecule has 2 atom stereocenters. The minimum Gasteiger partial charge on any atom is -0.424 e. The summed E-state index contributed by atoms with van der Waals surface area (Å²) in [5, 5.41) is 8.39. The molecule has 0 radical (unpaired) electrons. The molecule has 128 valence electrons. The summed E-state index contributed by atoms with van der Waals surface area (Å²) >= 11 is 0. The molecule has 24 heavy (non-hydrogen) atoms. The summed E-state index contributed by atoms with van der Waals surface area (Å²) in [6.07, 6.45) is 7.32. The van der Waals surface area contributed by atoms with Crippen molar-refractivity contribution in [1.29, 1.82) is 0 Å². The van der Waals surface area contributed by atoms with Crippen molar-refractivity contribution in [2.24, 2.45) is 0 Å². The summed E-state index contributed by atoms with van der Waals surface area (Å²) in [5.41, 5.74) is 1.33. The average Bonchev–Trinajstić information content (AvgIpc) is 3.16. The van der Waals surface area contributed by atoms with Crippen LogP contribution >= 0.6 is 0 Å². The van der Waals surface area contributed by atoms with Crippen LogP contribution in [0.4, 0.5) is 0 Å². The summed E-state index contributed by atoms with van der Waals surface area (Å²) in [6, 6.07) is 5.18. The molecular formula is C18H25N5O. The fourth-order valence-electron chi connectivity index (χ4n) is 3.50. The second kappa shape index (κ2) is 6.61. The predicted octanol–water partition coefficient (Wildman–Crippen LogP) is 2.61. The number of aromatic nitrogens is 3. The zero-order chi connectivity index (χ0) is 16.5. The lowest BCUT2D eigenvalue weighted by Crippen LogP contribution is -2.35. The van der Waals surface area contributed by atoms with Crippen molar-refractivity contribution in [2.75, 3.05) is 20.1 Å². The van der Waals surface area contributed by atoms with Crippen LogP contribution < -0.4 is 0 Å². The van der Waals surface area contributed by atoms with Crippen LogP contribution in [0, 0.1) is 0 Å². The highest BCUT2D eigenvalue weighted by atomic mass is 16.4. The molecule has 1 aliphatic heterocycles. The summed E-state index contributed by atoms with van der Waals surface area (Å²) in [7, 11) is 2.16.